The lowest BCUT2D eigenvalue weighted by atomic mass is 10.1. The van der Waals surface area contributed by atoms with E-state index in [9.17, 15) is 14.0 Å². The zero-order chi connectivity index (χ0) is 22.7. The van der Waals surface area contributed by atoms with E-state index in [0.29, 0.717) is 28.3 Å². The Labute approximate surface area is 188 Å². The minimum absolute atomic E-state index is 0.00247. The molecule has 1 saturated heterocycles. The molecule has 3 aromatic rings. The number of halogens is 2. The van der Waals surface area contributed by atoms with E-state index >= 15 is 0 Å². The molecule has 32 heavy (non-hydrogen) atoms. The highest BCUT2D eigenvalue weighted by molar-refractivity contribution is 6.32. The lowest BCUT2D eigenvalue weighted by Crippen LogP contribution is -2.35. The van der Waals surface area contributed by atoms with Crippen LogP contribution in [0.2, 0.25) is 5.02 Å². The van der Waals surface area contributed by atoms with Gasteiger partial charge in [0.05, 0.1) is 17.8 Å². The molecule has 3 aromatic carbocycles. The van der Waals surface area contributed by atoms with E-state index in [1.807, 2.05) is 6.07 Å². The van der Waals surface area contributed by atoms with Gasteiger partial charge in [-0.05, 0) is 48.0 Å². The monoisotopic (exact) mass is 452 g/mol. The number of benzene rings is 3. The zero-order valence-corrected chi connectivity index (χ0v) is 17.7. The summed E-state index contributed by atoms with van der Waals surface area (Å²) < 4.78 is 24.4. The minimum atomic E-state index is -0.496. The highest BCUT2D eigenvalue weighted by Gasteiger charge is 2.34. The van der Waals surface area contributed by atoms with Crippen LogP contribution in [0.5, 0.6) is 11.5 Å². The highest BCUT2D eigenvalue weighted by Crippen LogP contribution is 2.31. The first kappa shape index (κ1) is 21.4. The second-order valence-corrected chi connectivity index (χ2v) is 7.32. The van der Waals surface area contributed by atoms with Gasteiger partial charge in [-0.15, -0.1) is 0 Å². The Hall–Kier alpha value is -3.84. The van der Waals surface area contributed by atoms with Gasteiger partial charge < -0.3 is 9.47 Å². The summed E-state index contributed by atoms with van der Waals surface area (Å²) in [6.45, 7) is 0.114. The summed E-state index contributed by atoms with van der Waals surface area (Å²) in [4.78, 5) is 25.1. The van der Waals surface area contributed by atoms with Crippen molar-refractivity contribution in [3.05, 3.63) is 94.3 Å². The predicted molar refractivity (Wildman–Crippen MR) is 119 cm³/mol. The zero-order valence-electron chi connectivity index (χ0n) is 17.0. The molecule has 0 saturated carbocycles. The maximum absolute atomic E-state index is 13.2. The van der Waals surface area contributed by atoms with Gasteiger partial charge in [0.25, 0.3) is 11.8 Å². The fourth-order valence-electron chi connectivity index (χ4n) is 3.17. The van der Waals surface area contributed by atoms with Gasteiger partial charge >= 0.3 is 0 Å². The van der Waals surface area contributed by atoms with Gasteiger partial charge in [0.2, 0.25) is 0 Å². The second-order valence-electron chi connectivity index (χ2n) is 6.91. The summed E-state index contributed by atoms with van der Waals surface area (Å²) in [6, 6.07) is 17.9. The van der Waals surface area contributed by atoms with Crippen molar-refractivity contribution in [3.63, 3.8) is 0 Å². The van der Waals surface area contributed by atoms with Gasteiger partial charge in [-0.25, -0.2) is 9.40 Å². The van der Waals surface area contributed by atoms with Gasteiger partial charge in [0.1, 0.15) is 18.0 Å². The maximum atomic E-state index is 13.2. The van der Waals surface area contributed by atoms with Gasteiger partial charge in [-0.3, -0.25) is 15.0 Å². The van der Waals surface area contributed by atoms with E-state index in [4.69, 9.17) is 21.1 Å². The molecule has 1 N–H and O–H groups in total. The molecule has 0 spiro atoms. The number of anilines is 1. The number of amides is 2. The van der Waals surface area contributed by atoms with Gasteiger partial charge in [0, 0.05) is 5.56 Å². The van der Waals surface area contributed by atoms with E-state index in [2.05, 4.69) is 5.43 Å². The normalized spacial score (nSPS) is 14.6. The number of hydrogen-bond donors (Lipinski definition) is 1. The van der Waals surface area contributed by atoms with Crippen LogP contribution in [-0.2, 0) is 16.2 Å². The molecule has 1 heterocycles. The SMILES string of the molecule is COc1cc(/C=C2/C(=O)NN(c3ccccc3)C2=O)ccc1OCc1ccc(F)cc1Cl. The van der Waals surface area contributed by atoms with Crippen molar-refractivity contribution < 1.29 is 23.5 Å². The summed E-state index contributed by atoms with van der Waals surface area (Å²) >= 11 is 6.04. The molecular formula is C24H18ClFN2O4. The third-order valence-electron chi connectivity index (χ3n) is 4.80. The van der Waals surface area contributed by atoms with Crippen LogP contribution in [0.1, 0.15) is 11.1 Å². The van der Waals surface area contributed by atoms with Crippen LogP contribution in [0.3, 0.4) is 0 Å². The van der Waals surface area contributed by atoms with Crippen LogP contribution >= 0.6 is 11.6 Å². The van der Waals surface area contributed by atoms with E-state index < -0.39 is 17.6 Å². The first-order chi connectivity index (χ1) is 15.5. The minimum Gasteiger partial charge on any atom is -0.493 e. The van der Waals surface area contributed by atoms with Crippen LogP contribution in [0, 0.1) is 5.82 Å². The summed E-state index contributed by atoms with van der Waals surface area (Å²) in [5.74, 6) is -0.535. The van der Waals surface area contributed by atoms with Crippen molar-refractivity contribution in [1.29, 1.82) is 0 Å². The standard InChI is InChI=1S/C24H18ClFN2O4/c1-31-22-12-15(7-10-21(22)32-14-16-8-9-17(26)13-20(16)25)11-19-23(29)27-28(24(19)30)18-5-3-2-4-6-18/h2-13H,14H2,1H3,(H,27,29)/b19-11-. The first-order valence-electron chi connectivity index (χ1n) is 9.63. The fraction of sp³-hybridized carbons (Fsp3) is 0.0833. The van der Waals surface area contributed by atoms with Crippen LogP contribution in [0.15, 0.2) is 72.3 Å². The van der Waals surface area contributed by atoms with Crippen LogP contribution < -0.4 is 19.9 Å². The Bertz CT molecular complexity index is 1210. The van der Waals surface area contributed by atoms with Crippen LogP contribution in [-0.4, -0.2) is 18.9 Å². The van der Waals surface area contributed by atoms with Gasteiger partial charge in [-0.1, -0.05) is 41.9 Å². The summed E-state index contributed by atoms with van der Waals surface area (Å²) in [7, 11) is 1.48. The topological polar surface area (TPSA) is 67.9 Å². The van der Waals surface area contributed by atoms with Crippen LogP contribution in [0.25, 0.3) is 6.08 Å². The number of hydrogen-bond acceptors (Lipinski definition) is 4. The average Bonchev–Trinajstić information content (AvgIpc) is 3.08. The second kappa shape index (κ2) is 9.11. The Morgan fingerprint density at radius 1 is 1.03 bits per heavy atom. The molecule has 0 bridgehead atoms. The van der Waals surface area contributed by atoms with E-state index in [0.717, 1.165) is 0 Å². The number of nitrogens with zero attached hydrogens (tertiary/aromatic N) is 1. The Balaban J connectivity index is 1.54. The number of ether oxygens (including phenoxy) is 2. The molecule has 8 heteroatoms. The number of carbonyl (C=O) groups is 2. The van der Waals surface area contributed by atoms with Gasteiger partial charge in [-0.2, -0.15) is 0 Å². The number of para-hydroxylation sites is 1. The van der Waals surface area contributed by atoms with Gasteiger partial charge in [0.15, 0.2) is 11.5 Å². The molecule has 0 radical (unpaired) electrons. The predicted octanol–water partition coefficient (Wildman–Crippen LogP) is 4.53. The average molecular weight is 453 g/mol. The molecule has 0 atom stereocenters. The fourth-order valence-corrected chi connectivity index (χ4v) is 3.39. The third kappa shape index (κ3) is 4.43. The lowest BCUT2D eigenvalue weighted by molar-refractivity contribution is -0.117. The summed E-state index contributed by atoms with van der Waals surface area (Å²) in [6.07, 6.45) is 1.49. The molecule has 0 aromatic heterocycles. The largest absolute Gasteiger partial charge is 0.493 e. The molecular weight excluding hydrogens is 435 g/mol. The summed E-state index contributed by atoms with van der Waals surface area (Å²) in [5, 5.41) is 1.47. The molecule has 2 amide bonds. The van der Waals surface area contributed by atoms with Crippen molar-refractivity contribution in [2.24, 2.45) is 0 Å². The highest BCUT2D eigenvalue weighted by atomic mass is 35.5. The van der Waals surface area contributed by atoms with Crippen LogP contribution in [0.4, 0.5) is 10.1 Å². The molecule has 162 valence electrons. The Morgan fingerprint density at radius 3 is 2.53 bits per heavy atom. The third-order valence-corrected chi connectivity index (χ3v) is 5.15. The number of methoxy groups -OCH3 is 1. The number of rotatable bonds is 6. The van der Waals surface area contributed by atoms with Crippen molar-refractivity contribution in [2.45, 2.75) is 6.61 Å². The number of hydrazine groups is 1. The molecule has 6 nitrogen and oxygen atoms in total. The quantitative estimate of drug-likeness (QED) is 0.441. The molecule has 0 unspecified atom stereocenters. The van der Waals surface area contributed by atoms with Crippen molar-refractivity contribution in [1.82, 2.24) is 5.43 Å². The molecule has 1 aliphatic heterocycles. The van der Waals surface area contributed by atoms with Crippen molar-refractivity contribution in [3.8, 4) is 11.5 Å². The molecule has 4 rings (SSSR count). The Morgan fingerprint density at radius 2 is 1.81 bits per heavy atom. The van der Waals surface area contributed by atoms with E-state index in [-0.39, 0.29) is 17.2 Å². The lowest BCUT2D eigenvalue weighted by Gasteiger charge is -2.14. The van der Waals surface area contributed by atoms with Crippen molar-refractivity contribution in [2.75, 3.05) is 12.1 Å². The molecule has 1 fully saturated rings. The summed E-state index contributed by atoms with van der Waals surface area (Å²) in [5.41, 5.74) is 4.33. The molecule has 0 aliphatic carbocycles. The molecule has 1 aliphatic rings. The number of nitrogens with one attached hydrogen (secondary N) is 1. The maximum Gasteiger partial charge on any atom is 0.282 e. The van der Waals surface area contributed by atoms with E-state index in [1.54, 1.807) is 48.5 Å². The smallest absolute Gasteiger partial charge is 0.282 e. The van der Waals surface area contributed by atoms with Crippen molar-refractivity contribution >= 4 is 35.2 Å². The first-order valence-corrected chi connectivity index (χ1v) is 10.0. The van der Waals surface area contributed by atoms with E-state index in [1.165, 1.54) is 30.3 Å². The Kier molecular flexibility index (Phi) is 6.09. The number of carbonyl (C=O) groups excluding carboxylic acids is 2.